The predicted octanol–water partition coefficient (Wildman–Crippen LogP) is 4.31. The van der Waals surface area contributed by atoms with E-state index in [2.05, 4.69) is 0 Å². The van der Waals surface area contributed by atoms with Crippen molar-refractivity contribution < 1.29 is 23.0 Å². The highest BCUT2D eigenvalue weighted by molar-refractivity contribution is 6.30. The maximum absolute atomic E-state index is 13.3. The van der Waals surface area contributed by atoms with Crippen molar-refractivity contribution in [3.63, 3.8) is 0 Å². The molecule has 0 bridgehead atoms. The van der Waals surface area contributed by atoms with Crippen molar-refractivity contribution in [2.24, 2.45) is 0 Å². The second kappa shape index (κ2) is 5.24. The summed E-state index contributed by atoms with van der Waals surface area (Å²) in [6.45, 7) is 0. The topological polar surface area (TPSA) is 29.5 Å². The van der Waals surface area contributed by atoms with Crippen LogP contribution >= 0.6 is 11.6 Å². The third-order valence-corrected chi connectivity index (χ3v) is 3.65. The van der Waals surface area contributed by atoms with Crippen molar-refractivity contribution in [3.8, 4) is 5.75 Å². The second-order valence-corrected chi connectivity index (χ2v) is 5.28. The van der Waals surface area contributed by atoms with E-state index in [9.17, 15) is 18.3 Å². The van der Waals surface area contributed by atoms with Crippen molar-refractivity contribution in [1.82, 2.24) is 0 Å². The molecule has 1 aliphatic rings. The summed E-state index contributed by atoms with van der Waals surface area (Å²) >= 11 is 5.85. The van der Waals surface area contributed by atoms with Gasteiger partial charge in [0, 0.05) is 17.0 Å². The Morgan fingerprint density at radius 2 is 1.76 bits per heavy atom. The van der Waals surface area contributed by atoms with Gasteiger partial charge in [-0.1, -0.05) is 11.6 Å². The van der Waals surface area contributed by atoms with Crippen molar-refractivity contribution in [3.05, 3.63) is 63.9 Å². The fourth-order valence-electron chi connectivity index (χ4n) is 2.38. The smallest absolute Gasteiger partial charge is 0.194 e. The summed E-state index contributed by atoms with van der Waals surface area (Å²) in [5.41, 5.74) is 0.646. The van der Waals surface area contributed by atoms with Gasteiger partial charge in [-0.15, -0.1) is 0 Å². The van der Waals surface area contributed by atoms with E-state index in [1.807, 2.05) is 0 Å². The molecule has 2 aromatic carbocycles. The van der Waals surface area contributed by atoms with Crippen LogP contribution in [0.25, 0.3) is 0 Å². The molecule has 0 fully saturated rings. The van der Waals surface area contributed by atoms with Crippen molar-refractivity contribution in [2.75, 3.05) is 0 Å². The van der Waals surface area contributed by atoms with E-state index in [4.69, 9.17) is 16.3 Å². The molecule has 1 heterocycles. The fraction of sp³-hybridized carbons (Fsp3) is 0.200. The van der Waals surface area contributed by atoms with Crippen LogP contribution in [-0.2, 0) is 0 Å². The lowest BCUT2D eigenvalue weighted by atomic mass is 9.95. The van der Waals surface area contributed by atoms with Gasteiger partial charge in [-0.05, 0) is 35.9 Å². The molecule has 6 heteroatoms. The average Bonchev–Trinajstić information content (AvgIpc) is 2.44. The van der Waals surface area contributed by atoms with Crippen LogP contribution in [0.4, 0.5) is 13.2 Å². The normalized spacial score (nSPS) is 20.8. The van der Waals surface area contributed by atoms with Gasteiger partial charge in [0.25, 0.3) is 0 Å². The minimum absolute atomic E-state index is 0.0951. The van der Waals surface area contributed by atoms with Crippen molar-refractivity contribution in [2.45, 2.75) is 18.6 Å². The number of aliphatic hydroxyl groups excluding tert-OH is 1. The molecule has 110 valence electrons. The summed E-state index contributed by atoms with van der Waals surface area (Å²) in [6.07, 6.45) is -1.55. The largest absolute Gasteiger partial charge is 0.485 e. The second-order valence-electron chi connectivity index (χ2n) is 4.84. The number of hydrogen-bond acceptors (Lipinski definition) is 2. The maximum Gasteiger partial charge on any atom is 0.194 e. The summed E-state index contributed by atoms with van der Waals surface area (Å²) < 4.78 is 45.2. The van der Waals surface area contributed by atoms with Crippen LogP contribution in [0.1, 0.15) is 29.8 Å². The Labute approximate surface area is 123 Å². The van der Waals surface area contributed by atoms with Gasteiger partial charge in [0.1, 0.15) is 11.9 Å². The SMILES string of the molecule is O[C@H]1CC(c2cc(F)c(F)c(F)c2)Oc2ccc(Cl)cc21. The molecule has 3 rings (SSSR count). The number of halogens is 4. The summed E-state index contributed by atoms with van der Waals surface area (Å²) in [4.78, 5) is 0. The van der Waals surface area contributed by atoms with E-state index >= 15 is 0 Å². The first-order valence-corrected chi connectivity index (χ1v) is 6.62. The lowest BCUT2D eigenvalue weighted by Gasteiger charge is -2.30. The molecule has 0 radical (unpaired) electrons. The van der Waals surface area contributed by atoms with Gasteiger partial charge in [-0.3, -0.25) is 0 Å². The molecule has 2 nitrogen and oxygen atoms in total. The van der Waals surface area contributed by atoms with E-state index in [0.717, 1.165) is 12.1 Å². The Hall–Kier alpha value is -1.72. The Kier molecular flexibility index (Phi) is 3.55. The zero-order valence-electron chi connectivity index (χ0n) is 10.6. The molecular formula is C15H10ClF3O2. The minimum Gasteiger partial charge on any atom is -0.485 e. The fourth-order valence-corrected chi connectivity index (χ4v) is 2.56. The predicted molar refractivity (Wildman–Crippen MR) is 70.7 cm³/mol. The zero-order valence-corrected chi connectivity index (χ0v) is 11.4. The molecule has 2 aromatic rings. The minimum atomic E-state index is -1.53. The third kappa shape index (κ3) is 2.59. The molecule has 2 atom stereocenters. The molecule has 0 aliphatic carbocycles. The lowest BCUT2D eigenvalue weighted by Crippen LogP contribution is -2.19. The molecule has 21 heavy (non-hydrogen) atoms. The summed E-state index contributed by atoms with van der Waals surface area (Å²) in [5, 5.41) is 10.6. The number of rotatable bonds is 1. The molecule has 0 saturated heterocycles. The van der Waals surface area contributed by atoms with Crippen LogP contribution in [-0.4, -0.2) is 5.11 Å². The summed E-state index contributed by atoms with van der Waals surface area (Å²) in [5.74, 6) is -3.72. The van der Waals surface area contributed by atoms with Gasteiger partial charge in [0.15, 0.2) is 17.5 Å². The lowest BCUT2D eigenvalue weighted by molar-refractivity contribution is 0.0653. The van der Waals surface area contributed by atoms with Crippen LogP contribution in [0, 0.1) is 17.5 Å². The van der Waals surface area contributed by atoms with Gasteiger partial charge in [0.2, 0.25) is 0 Å². The maximum atomic E-state index is 13.3. The van der Waals surface area contributed by atoms with Gasteiger partial charge < -0.3 is 9.84 Å². The van der Waals surface area contributed by atoms with Crippen LogP contribution in [0.5, 0.6) is 5.75 Å². The molecule has 0 saturated carbocycles. The van der Waals surface area contributed by atoms with Crippen molar-refractivity contribution in [1.29, 1.82) is 0 Å². The first-order chi connectivity index (χ1) is 9.95. The van der Waals surface area contributed by atoms with E-state index < -0.39 is 29.7 Å². The Balaban J connectivity index is 1.98. The highest BCUT2D eigenvalue weighted by atomic mass is 35.5. The number of hydrogen-bond donors (Lipinski definition) is 1. The monoisotopic (exact) mass is 314 g/mol. The zero-order chi connectivity index (χ0) is 15.1. The number of aliphatic hydroxyl groups is 1. The van der Waals surface area contributed by atoms with Gasteiger partial charge in [-0.25, -0.2) is 13.2 Å². The first-order valence-electron chi connectivity index (χ1n) is 6.24. The molecule has 0 amide bonds. The Bertz CT molecular complexity index is 682. The van der Waals surface area contributed by atoms with Crippen molar-refractivity contribution >= 4 is 11.6 Å². The summed E-state index contributed by atoms with van der Waals surface area (Å²) in [7, 11) is 0. The van der Waals surface area contributed by atoms with E-state index in [-0.39, 0.29) is 12.0 Å². The molecular weight excluding hydrogens is 305 g/mol. The molecule has 1 unspecified atom stereocenters. The van der Waals surface area contributed by atoms with Crippen LogP contribution in [0.3, 0.4) is 0 Å². The van der Waals surface area contributed by atoms with E-state index in [0.29, 0.717) is 16.3 Å². The quantitative estimate of drug-likeness (QED) is 0.795. The van der Waals surface area contributed by atoms with Crippen LogP contribution in [0.15, 0.2) is 30.3 Å². The molecule has 1 N–H and O–H groups in total. The number of benzene rings is 2. The van der Waals surface area contributed by atoms with Crippen LogP contribution < -0.4 is 4.74 Å². The molecule has 0 spiro atoms. The number of fused-ring (bicyclic) bond motifs is 1. The highest BCUT2D eigenvalue weighted by Gasteiger charge is 2.29. The van der Waals surface area contributed by atoms with E-state index in [1.165, 1.54) is 0 Å². The van der Waals surface area contributed by atoms with Gasteiger partial charge >= 0.3 is 0 Å². The van der Waals surface area contributed by atoms with E-state index in [1.54, 1.807) is 18.2 Å². The third-order valence-electron chi connectivity index (χ3n) is 3.42. The Morgan fingerprint density at radius 3 is 2.43 bits per heavy atom. The highest BCUT2D eigenvalue weighted by Crippen LogP contribution is 2.42. The van der Waals surface area contributed by atoms with Crippen LogP contribution in [0.2, 0.25) is 5.02 Å². The standard InChI is InChI=1S/C15H10ClF3O2/c16-8-1-2-13-9(5-8)12(20)6-14(21-13)7-3-10(17)15(19)11(18)4-7/h1-5,12,14,20H,6H2/t12-,14?/m0/s1. The number of ether oxygens (including phenoxy) is 1. The molecule has 1 aliphatic heterocycles. The van der Waals surface area contributed by atoms with Gasteiger partial charge in [0.05, 0.1) is 6.10 Å². The van der Waals surface area contributed by atoms with Gasteiger partial charge in [-0.2, -0.15) is 0 Å². The molecule has 0 aromatic heterocycles. The average molecular weight is 315 g/mol. The summed E-state index contributed by atoms with van der Waals surface area (Å²) in [6, 6.07) is 6.47. The first kappa shape index (κ1) is 14.2. The Morgan fingerprint density at radius 1 is 1.10 bits per heavy atom.